The van der Waals surface area contributed by atoms with Crippen molar-refractivity contribution in [2.24, 2.45) is 0 Å². The Morgan fingerprint density at radius 3 is 1.26 bits per heavy atom. The molecule has 5 heterocycles. The molecule has 0 aliphatic rings. The standard InChI is InChI=1S/C37H25N5/c1-4-19-38-32(10-1)35-18-17-30(25-41-35)29-9-7-8-28(22-29)26-13-15-27(16-14-26)31-23-36(33-11-2-5-20-39-33)42-37(24-31)34-12-3-6-21-40-34/h1-25H. The van der Waals surface area contributed by atoms with Crippen LogP contribution in [0.5, 0.6) is 0 Å². The molecule has 198 valence electrons. The lowest BCUT2D eigenvalue weighted by Gasteiger charge is -2.11. The molecule has 0 radical (unpaired) electrons. The molecule has 42 heavy (non-hydrogen) atoms. The minimum atomic E-state index is 0.813. The summed E-state index contributed by atoms with van der Waals surface area (Å²) in [6, 6.07) is 43.1. The molecule has 0 fully saturated rings. The molecular formula is C37H25N5. The zero-order valence-corrected chi connectivity index (χ0v) is 22.7. The summed E-state index contributed by atoms with van der Waals surface area (Å²) in [4.78, 5) is 23.0. The van der Waals surface area contributed by atoms with Gasteiger partial charge in [-0.3, -0.25) is 19.9 Å². The molecule has 0 saturated heterocycles. The van der Waals surface area contributed by atoms with E-state index < -0.39 is 0 Å². The van der Waals surface area contributed by atoms with Gasteiger partial charge in [0.2, 0.25) is 0 Å². The summed E-state index contributed by atoms with van der Waals surface area (Å²) in [5, 5.41) is 0. The normalized spacial score (nSPS) is 10.9. The molecule has 0 spiro atoms. The quantitative estimate of drug-likeness (QED) is 0.212. The van der Waals surface area contributed by atoms with Crippen LogP contribution in [0.25, 0.3) is 67.5 Å². The predicted molar refractivity (Wildman–Crippen MR) is 168 cm³/mol. The Hall–Kier alpha value is -5.81. The molecule has 7 rings (SSSR count). The number of pyridine rings is 5. The third-order valence-corrected chi connectivity index (χ3v) is 7.12. The maximum atomic E-state index is 4.89. The van der Waals surface area contributed by atoms with Gasteiger partial charge in [0.15, 0.2) is 0 Å². The van der Waals surface area contributed by atoms with Crippen molar-refractivity contribution in [2.45, 2.75) is 0 Å². The monoisotopic (exact) mass is 539 g/mol. The number of benzene rings is 2. The van der Waals surface area contributed by atoms with Gasteiger partial charge in [0.25, 0.3) is 0 Å². The van der Waals surface area contributed by atoms with E-state index in [1.807, 2.05) is 66.9 Å². The van der Waals surface area contributed by atoms with Crippen molar-refractivity contribution >= 4 is 0 Å². The van der Waals surface area contributed by atoms with E-state index >= 15 is 0 Å². The van der Waals surface area contributed by atoms with Gasteiger partial charge >= 0.3 is 0 Å². The van der Waals surface area contributed by atoms with Gasteiger partial charge in [-0.2, -0.15) is 0 Å². The van der Waals surface area contributed by atoms with Crippen LogP contribution in [0.2, 0.25) is 0 Å². The fourth-order valence-electron chi connectivity index (χ4n) is 4.95. The Morgan fingerprint density at radius 1 is 0.286 bits per heavy atom. The number of aromatic nitrogens is 5. The molecule has 7 aromatic rings. The summed E-state index contributed by atoms with van der Waals surface area (Å²) in [6.07, 6.45) is 7.27. The van der Waals surface area contributed by atoms with Gasteiger partial charge < -0.3 is 0 Å². The Bertz CT molecular complexity index is 1880. The molecule has 0 aliphatic heterocycles. The molecule has 0 aliphatic carbocycles. The summed E-state index contributed by atoms with van der Waals surface area (Å²) in [7, 11) is 0. The van der Waals surface area contributed by atoms with Crippen molar-refractivity contribution in [3.63, 3.8) is 0 Å². The van der Waals surface area contributed by atoms with E-state index in [9.17, 15) is 0 Å². The molecule has 2 aromatic carbocycles. The van der Waals surface area contributed by atoms with Crippen LogP contribution in [-0.2, 0) is 0 Å². The van der Waals surface area contributed by atoms with Crippen LogP contribution in [-0.4, -0.2) is 24.9 Å². The molecule has 0 amide bonds. The zero-order chi connectivity index (χ0) is 28.1. The van der Waals surface area contributed by atoms with Gasteiger partial charge in [-0.25, -0.2) is 4.98 Å². The molecule has 5 nitrogen and oxygen atoms in total. The number of hydrogen-bond acceptors (Lipinski definition) is 5. The van der Waals surface area contributed by atoms with Crippen molar-refractivity contribution in [1.82, 2.24) is 24.9 Å². The highest BCUT2D eigenvalue weighted by Gasteiger charge is 2.11. The first-order valence-corrected chi connectivity index (χ1v) is 13.7. The third-order valence-electron chi connectivity index (χ3n) is 7.12. The Morgan fingerprint density at radius 2 is 0.762 bits per heavy atom. The topological polar surface area (TPSA) is 64.5 Å². The molecule has 0 N–H and O–H groups in total. The minimum absolute atomic E-state index is 0.813. The maximum absolute atomic E-state index is 4.89. The van der Waals surface area contributed by atoms with E-state index in [2.05, 4.69) is 86.7 Å². The van der Waals surface area contributed by atoms with E-state index in [0.717, 1.165) is 67.5 Å². The Kier molecular flexibility index (Phi) is 6.81. The first-order valence-electron chi connectivity index (χ1n) is 13.7. The Balaban J connectivity index is 1.20. The van der Waals surface area contributed by atoms with E-state index in [-0.39, 0.29) is 0 Å². The summed E-state index contributed by atoms with van der Waals surface area (Å²) in [5.74, 6) is 0. The second-order valence-corrected chi connectivity index (χ2v) is 9.86. The Labute approximate surface area is 244 Å². The van der Waals surface area contributed by atoms with Gasteiger partial charge in [-0.05, 0) is 88.5 Å². The number of hydrogen-bond donors (Lipinski definition) is 0. The molecule has 5 aromatic heterocycles. The van der Waals surface area contributed by atoms with Crippen molar-refractivity contribution < 1.29 is 0 Å². The number of nitrogens with zero attached hydrogens (tertiary/aromatic N) is 5. The highest BCUT2D eigenvalue weighted by Crippen LogP contribution is 2.32. The lowest BCUT2D eigenvalue weighted by atomic mass is 9.97. The summed E-state index contributed by atoms with van der Waals surface area (Å²) < 4.78 is 0. The van der Waals surface area contributed by atoms with E-state index in [0.29, 0.717) is 0 Å². The van der Waals surface area contributed by atoms with Crippen LogP contribution in [0.1, 0.15) is 0 Å². The van der Waals surface area contributed by atoms with Crippen molar-refractivity contribution in [1.29, 1.82) is 0 Å². The van der Waals surface area contributed by atoms with Crippen molar-refractivity contribution in [3.8, 4) is 67.5 Å². The van der Waals surface area contributed by atoms with Gasteiger partial charge in [-0.15, -0.1) is 0 Å². The first kappa shape index (κ1) is 25.2. The van der Waals surface area contributed by atoms with Gasteiger partial charge in [0, 0.05) is 30.4 Å². The van der Waals surface area contributed by atoms with Crippen LogP contribution in [0.15, 0.2) is 152 Å². The maximum Gasteiger partial charge on any atom is 0.0900 e. The second-order valence-electron chi connectivity index (χ2n) is 9.86. The van der Waals surface area contributed by atoms with Crippen LogP contribution in [0, 0.1) is 0 Å². The molecule has 0 unspecified atom stereocenters. The SMILES string of the molecule is c1ccc(-c2ccc(-c3cccc(-c4ccc(-c5cc(-c6ccccn6)nc(-c6ccccn6)c5)cc4)c3)cn2)nc1. The number of rotatable bonds is 6. The molecule has 0 atom stereocenters. The molecule has 5 heteroatoms. The fourth-order valence-corrected chi connectivity index (χ4v) is 4.95. The zero-order valence-electron chi connectivity index (χ0n) is 22.7. The lowest BCUT2D eigenvalue weighted by molar-refractivity contribution is 1.22. The average molecular weight is 540 g/mol. The van der Waals surface area contributed by atoms with Crippen LogP contribution in [0.3, 0.4) is 0 Å². The highest BCUT2D eigenvalue weighted by molar-refractivity contribution is 5.78. The average Bonchev–Trinajstić information content (AvgIpc) is 3.09. The highest BCUT2D eigenvalue weighted by atomic mass is 14.8. The van der Waals surface area contributed by atoms with Gasteiger partial charge in [-0.1, -0.05) is 66.7 Å². The second kappa shape index (κ2) is 11.4. The molecule has 0 bridgehead atoms. The van der Waals surface area contributed by atoms with Crippen LogP contribution < -0.4 is 0 Å². The van der Waals surface area contributed by atoms with Crippen LogP contribution >= 0.6 is 0 Å². The van der Waals surface area contributed by atoms with E-state index in [4.69, 9.17) is 4.98 Å². The van der Waals surface area contributed by atoms with E-state index in [1.54, 1.807) is 18.6 Å². The molecular weight excluding hydrogens is 514 g/mol. The largest absolute Gasteiger partial charge is 0.255 e. The molecule has 0 saturated carbocycles. The lowest BCUT2D eigenvalue weighted by Crippen LogP contribution is -1.94. The van der Waals surface area contributed by atoms with Crippen molar-refractivity contribution in [3.05, 3.63) is 152 Å². The summed E-state index contributed by atoms with van der Waals surface area (Å²) >= 11 is 0. The van der Waals surface area contributed by atoms with Crippen LogP contribution in [0.4, 0.5) is 0 Å². The summed E-state index contributed by atoms with van der Waals surface area (Å²) in [5.41, 5.74) is 11.6. The van der Waals surface area contributed by atoms with E-state index in [1.165, 1.54) is 0 Å². The third kappa shape index (κ3) is 5.31. The van der Waals surface area contributed by atoms with Gasteiger partial charge in [0.1, 0.15) is 0 Å². The van der Waals surface area contributed by atoms with Crippen molar-refractivity contribution in [2.75, 3.05) is 0 Å². The summed E-state index contributed by atoms with van der Waals surface area (Å²) in [6.45, 7) is 0. The fraction of sp³-hybridized carbons (Fsp3) is 0. The predicted octanol–water partition coefficient (Wildman–Crippen LogP) is 8.66. The minimum Gasteiger partial charge on any atom is -0.255 e. The smallest absolute Gasteiger partial charge is 0.0900 e. The van der Waals surface area contributed by atoms with Gasteiger partial charge in [0.05, 0.1) is 34.2 Å². The first-order chi connectivity index (χ1) is 20.8.